The first-order valence-corrected chi connectivity index (χ1v) is 10.8. The number of carbonyl (C=O) groups is 1. The highest BCUT2D eigenvalue weighted by Gasteiger charge is 2.25. The molecule has 1 aliphatic heterocycles. The Hall–Kier alpha value is -1.63. The molecule has 0 bridgehead atoms. The standard InChI is InChI=1S/C20H19BrClN3OS/c1-12-9-13(2)18-17(10-12)27-20(23-18)25-7-5-24(6-8-25)19(26)15-11-14(21)3-4-16(15)22/h3-4,9-11H,5-8H2,1-2H3. The molecule has 3 aromatic rings. The first kappa shape index (κ1) is 18.7. The molecule has 7 heteroatoms. The first-order valence-electron chi connectivity index (χ1n) is 8.79. The fourth-order valence-electron chi connectivity index (χ4n) is 3.43. The minimum Gasteiger partial charge on any atom is -0.345 e. The SMILES string of the molecule is Cc1cc(C)c2nc(N3CCN(C(=O)c4cc(Br)ccc4Cl)CC3)sc2c1. The Morgan fingerprint density at radius 2 is 1.89 bits per heavy atom. The van der Waals surface area contributed by atoms with Crippen LogP contribution < -0.4 is 4.90 Å². The van der Waals surface area contributed by atoms with Crippen LogP contribution in [0.5, 0.6) is 0 Å². The highest BCUT2D eigenvalue weighted by atomic mass is 79.9. The summed E-state index contributed by atoms with van der Waals surface area (Å²) < 4.78 is 2.08. The lowest BCUT2D eigenvalue weighted by atomic mass is 10.1. The fourth-order valence-corrected chi connectivity index (χ4v) is 5.18. The molecule has 1 aliphatic rings. The van der Waals surface area contributed by atoms with Crippen LogP contribution in [0.15, 0.2) is 34.8 Å². The average Bonchev–Trinajstić information content (AvgIpc) is 3.07. The van der Waals surface area contributed by atoms with Crippen LogP contribution in [-0.2, 0) is 0 Å². The number of rotatable bonds is 2. The normalized spacial score (nSPS) is 14.8. The summed E-state index contributed by atoms with van der Waals surface area (Å²) >= 11 is 11.4. The lowest BCUT2D eigenvalue weighted by Crippen LogP contribution is -2.48. The minimum absolute atomic E-state index is 0.0169. The van der Waals surface area contributed by atoms with Gasteiger partial charge in [0.2, 0.25) is 0 Å². The third-order valence-electron chi connectivity index (χ3n) is 4.81. The van der Waals surface area contributed by atoms with Gasteiger partial charge >= 0.3 is 0 Å². The van der Waals surface area contributed by atoms with Gasteiger partial charge in [0, 0.05) is 30.7 Å². The van der Waals surface area contributed by atoms with Gasteiger partial charge in [0.05, 0.1) is 20.8 Å². The molecule has 2 heterocycles. The Morgan fingerprint density at radius 1 is 1.15 bits per heavy atom. The molecule has 4 rings (SSSR count). The number of hydrogen-bond acceptors (Lipinski definition) is 4. The second-order valence-electron chi connectivity index (χ2n) is 6.83. The van der Waals surface area contributed by atoms with Crippen LogP contribution in [0.1, 0.15) is 21.5 Å². The molecule has 1 saturated heterocycles. The van der Waals surface area contributed by atoms with Gasteiger partial charge in [0.1, 0.15) is 0 Å². The average molecular weight is 465 g/mol. The molecule has 2 aromatic carbocycles. The van der Waals surface area contributed by atoms with Crippen LogP contribution in [0, 0.1) is 13.8 Å². The van der Waals surface area contributed by atoms with Crippen molar-refractivity contribution < 1.29 is 4.79 Å². The number of piperazine rings is 1. The van der Waals surface area contributed by atoms with E-state index < -0.39 is 0 Å². The molecule has 4 nitrogen and oxygen atoms in total. The number of thiazole rings is 1. The van der Waals surface area contributed by atoms with Gasteiger partial charge in [-0.2, -0.15) is 0 Å². The van der Waals surface area contributed by atoms with Crippen molar-refractivity contribution in [2.24, 2.45) is 0 Å². The van der Waals surface area contributed by atoms with Crippen molar-refractivity contribution in [2.45, 2.75) is 13.8 Å². The molecule has 0 saturated carbocycles. The molecule has 0 unspecified atom stereocenters. The second-order valence-corrected chi connectivity index (χ2v) is 9.16. The summed E-state index contributed by atoms with van der Waals surface area (Å²) in [5.41, 5.74) is 4.10. The Kier molecular flexibility index (Phi) is 5.14. The van der Waals surface area contributed by atoms with Crippen molar-refractivity contribution in [3.05, 3.63) is 56.5 Å². The highest BCUT2D eigenvalue weighted by Crippen LogP contribution is 2.32. The van der Waals surface area contributed by atoms with Gasteiger partial charge in [-0.05, 0) is 49.2 Å². The number of amides is 1. The van der Waals surface area contributed by atoms with Crippen molar-refractivity contribution >= 4 is 60.1 Å². The quantitative estimate of drug-likeness (QED) is 0.517. The Labute approximate surface area is 175 Å². The largest absolute Gasteiger partial charge is 0.345 e. The molecule has 0 N–H and O–H groups in total. The fraction of sp³-hybridized carbons (Fsp3) is 0.300. The number of fused-ring (bicyclic) bond motifs is 1. The number of hydrogen-bond donors (Lipinski definition) is 0. The van der Waals surface area contributed by atoms with Gasteiger partial charge in [-0.15, -0.1) is 0 Å². The molecule has 140 valence electrons. The Bertz CT molecular complexity index is 1030. The third-order valence-corrected chi connectivity index (χ3v) is 6.70. The van der Waals surface area contributed by atoms with Crippen LogP contribution in [-0.4, -0.2) is 42.0 Å². The molecule has 0 spiro atoms. The second kappa shape index (κ2) is 7.41. The number of aromatic nitrogens is 1. The number of nitrogens with zero attached hydrogens (tertiary/aromatic N) is 3. The summed E-state index contributed by atoms with van der Waals surface area (Å²) in [5, 5.41) is 1.52. The summed E-state index contributed by atoms with van der Waals surface area (Å²) in [4.78, 5) is 21.8. The van der Waals surface area contributed by atoms with E-state index in [0.29, 0.717) is 23.7 Å². The van der Waals surface area contributed by atoms with Gasteiger partial charge in [-0.25, -0.2) is 4.98 Å². The van der Waals surface area contributed by atoms with E-state index in [9.17, 15) is 4.79 Å². The molecular formula is C20H19BrClN3OS. The predicted octanol–water partition coefficient (Wildman–Crippen LogP) is 5.29. The molecule has 1 fully saturated rings. The first-order chi connectivity index (χ1) is 12.9. The lowest BCUT2D eigenvalue weighted by Gasteiger charge is -2.34. The van der Waals surface area contributed by atoms with Crippen molar-refractivity contribution in [3.63, 3.8) is 0 Å². The molecule has 1 amide bonds. The van der Waals surface area contributed by atoms with E-state index in [1.807, 2.05) is 11.0 Å². The maximum atomic E-state index is 12.8. The molecule has 27 heavy (non-hydrogen) atoms. The van der Waals surface area contributed by atoms with E-state index in [1.165, 1.54) is 15.8 Å². The molecular weight excluding hydrogens is 446 g/mol. The monoisotopic (exact) mass is 463 g/mol. The number of benzene rings is 2. The maximum Gasteiger partial charge on any atom is 0.255 e. The Balaban J connectivity index is 1.50. The number of carbonyl (C=O) groups excluding carboxylic acids is 1. The smallest absolute Gasteiger partial charge is 0.255 e. The predicted molar refractivity (Wildman–Crippen MR) is 116 cm³/mol. The van der Waals surface area contributed by atoms with Crippen LogP contribution in [0.4, 0.5) is 5.13 Å². The number of halogens is 2. The minimum atomic E-state index is -0.0169. The lowest BCUT2D eigenvalue weighted by molar-refractivity contribution is 0.0747. The molecule has 0 radical (unpaired) electrons. The third kappa shape index (κ3) is 3.71. The number of anilines is 1. The van der Waals surface area contributed by atoms with Crippen LogP contribution in [0.25, 0.3) is 10.2 Å². The van der Waals surface area contributed by atoms with Gasteiger partial charge in [-0.3, -0.25) is 4.79 Å². The molecule has 0 aliphatic carbocycles. The summed E-state index contributed by atoms with van der Waals surface area (Å²) in [6, 6.07) is 9.74. The van der Waals surface area contributed by atoms with Crippen LogP contribution in [0.3, 0.4) is 0 Å². The van der Waals surface area contributed by atoms with E-state index in [1.54, 1.807) is 23.5 Å². The van der Waals surface area contributed by atoms with Gasteiger partial charge in [0.15, 0.2) is 5.13 Å². The maximum absolute atomic E-state index is 12.8. The van der Waals surface area contributed by atoms with Crippen molar-refractivity contribution in [2.75, 3.05) is 31.1 Å². The van der Waals surface area contributed by atoms with Gasteiger partial charge in [-0.1, -0.05) is 44.9 Å². The van der Waals surface area contributed by atoms with E-state index >= 15 is 0 Å². The summed E-state index contributed by atoms with van der Waals surface area (Å²) in [6.07, 6.45) is 0. The Morgan fingerprint density at radius 3 is 2.63 bits per heavy atom. The molecule has 0 atom stereocenters. The van der Waals surface area contributed by atoms with E-state index in [2.05, 4.69) is 46.8 Å². The van der Waals surface area contributed by atoms with Crippen molar-refractivity contribution in [1.82, 2.24) is 9.88 Å². The summed E-state index contributed by atoms with van der Waals surface area (Å²) in [5.74, 6) is -0.0169. The summed E-state index contributed by atoms with van der Waals surface area (Å²) in [7, 11) is 0. The highest BCUT2D eigenvalue weighted by molar-refractivity contribution is 9.10. The number of aryl methyl sites for hydroxylation is 2. The van der Waals surface area contributed by atoms with Crippen LogP contribution in [0.2, 0.25) is 5.02 Å². The zero-order valence-corrected chi connectivity index (χ0v) is 18.3. The van der Waals surface area contributed by atoms with E-state index in [-0.39, 0.29) is 5.91 Å². The van der Waals surface area contributed by atoms with Gasteiger partial charge < -0.3 is 9.80 Å². The molecule has 1 aromatic heterocycles. The zero-order chi connectivity index (χ0) is 19.1. The van der Waals surface area contributed by atoms with Gasteiger partial charge in [0.25, 0.3) is 5.91 Å². The summed E-state index contributed by atoms with van der Waals surface area (Å²) in [6.45, 7) is 7.09. The van der Waals surface area contributed by atoms with Crippen molar-refractivity contribution in [1.29, 1.82) is 0 Å². The van der Waals surface area contributed by atoms with E-state index in [0.717, 1.165) is 28.2 Å². The van der Waals surface area contributed by atoms with Crippen LogP contribution >= 0.6 is 38.9 Å². The zero-order valence-electron chi connectivity index (χ0n) is 15.1. The topological polar surface area (TPSA) is 36.4 Å². The van der Waals surface area contributed by atoms with E-state index in [4.69, 9.17) is 16.6 Å². The van der Waals surface area contributed by atoms with Crippen molar-refractivity contribution in [3.8, 4) is 0 Å².